The molecule has 3 N–H and O–H groups in total. The second-order valence-corrected chi connectivity index (χ2v) is 10.2. The van der Waals surface area contributed by atoms with E-state index in [0.717, 1.165) is 10.6 Å². The molecule has 0 heterocycles. The molecule has 1 aromatic carbocycles. The van der Waals surface area contributed by atoms with Crippen molar-refractivity contribution in [2.75, 3.05) is 29.1 Å². The van der Waals surface area contributed by atoms with Gasteiger partial charge in [0, 0.05) is 22.9 Å². The molecule has 0 aliphatic rings. The Kier molecular flexibility index (Phi) is 8.72. The predicted molar refractivity (Wildman–Crippen MR) is 95.3 cm³/mol. The van der Waals surface area contributed by atoms with Crippen LogP contribution in [0.3, 0.4) is 0 Å². The standard InChI is InChI=1S/C12H19NO6S4/c14-22(15,16)9-3-7-13-11-5-1-2-6-12(11)21-20-8-4-10-23(17,18)19/h1-2,5-6,13H,3-4,7-10H2,(H,14,15,16)(H,17,18,19). The summed E-state index contributed by atoms with van der Waals surface area (Å²) >= 11 is 0. The van der Waals surface area contributed by atoms with Crippen molar-refractivity contribution in [2.24, 2.45) is 0 Å². The summed E-state index contributed by atoms with van der Waals surface area (Å²) in [5.41, 5.74) is 0.843. The van der Waals surface area contributed by atoms with Crippen molar-refractivity contribution in [3.8, 4) is 0 Å². The Morgan fingerprint density at radius 2 is 1.57 bits per heavy atom. The topological polar surface area (TPSA) is 121 Å². The summed E-state index contributed by atoms with van der Waals surface area (Å²) in [6, 6.07) is 7.46. The largest absolute Gasteiger partial charge is 0.384 e. The molecule has 0 radical (unpaired) electrons. The van der Waals surface area contributed by atoms with Crippen molar-refractivity contribution in [3.63, 3.8) is 0 Å². The first-order valence-electron chi connectivity index (χ1n) is 6.70. The average molecular weight is 402 g/mol. The third kappa shape index (κ3) is 10.8. The molecule has 1 rings (SSSR count). The van der Waals surface area contributed by atoms with E-state index in [9.17, 15) is 16.8 Å². The van der Waals surface area contributed by atoms with Crippen LogP contribution in [0.2, 0.25) is 0 Å². The van der Waals surface area contributed by atoms with Gasteiger partial charge < -0.3 is 5.32 Å². The van der Waals surface area contributed by atoms with Gasteiger partial charge in [-0.3, -0.25) is 9.11 Å². The lowest BCUT2D eigenvalue weighted by molar-refractivity contribution is 0.479. The number of para-hydroxylation sites is 1. The Bertz CT molecular complexity index is 689. The minimum Gasteiger partial charge on any atom is -0.384 e. The fourth-order valence-electron chi connectivity index (χ4n) is 1.57. The highest BCUT2D eigenvalue weighted by Crippen LogP contribution is 2.36. The van der Waals surface area contributed by atoms with Crippen LogP contribution >= 0.6 is 21.6 Å². The zero-order valence-electron chi connectivity index (χ0n) is 12.2. The third-order valence-electron chi connectivity index (χ3n) is 2.56. The van der Waals surface area contributed by atoms with Crippen LogP contribution in [0.4, 0.5) is 5.69 Å². The molecule has 11 heteroatoms. The van der Waals surface area contributed by atoms with Crippen molar-refractivity contribution in [1.29, 1.82) is 0 Å². The van der Waals surface area contributed by atoms with Crippen LogP contribution < -0.4 is 5.32 Å². The second kappa shape index (κ2) is 9.74. The highest BCUT2D eigenvalue weighted by molar-refractivity contribution is 8.76. The zero-order valence-corrected chi connectivity index (χ0v) is 15.5. The van der Waals surface area contributed by atoms with Crippen LogP contribution in [0.1, 0.15) is 12.8 Å². The lowest BCUT2D eigenvalue weighted by Gasteiger charge is -2.10. The first-order valence-corrected chi connectivity index (χ1v) is 12.2. The smallest absolute Gasteiger partial charge is 0.264 e. The first kappa shape index (κ1) is 20.6. The maximum absolute atomic E-state index is 10.6. The highest BCUT2D eigenvalue weighted by atomic mass is 33.1. The Morgan fingerprint density at radius 3 is 2.22 bits per heavy atom. The lowest BCUT2D eigenvalue weighted by atomic mass is 10.3. The van der Waals surface area contributed by atoms with Crippen molar-refractivity contribution in [3.05, 3.63) is 24.3 Å². The molecule has 1 aromatic rings. The average Bonchev–Trinajstić information content (AvgIpc) is 2.42. The van der Waals surface area contributed by atoms with Gasteiger partial charge >= 0.3 is 0 Å². The molecule has 132 valence electrons. The fourth-order valence-corrected chi connectivity index (χ4v) is 5.03. The van der Waals surface area contributed by atoms with Crippen LogP contribution in [0.5, 0.6) is 0 Å². The number of hydrogen-bond acceptors (Lipinski definition) is 7. The van der Waals surface area contributed by atoms with E-state index < -0.39 is 20.2 Å². The van der Waals surface area contributed by atoms with Gasteiger partial charge in [0.1, 0.15) is 0 Å². The van der Waals surface area contributed by atoms with Crippen molar-refractivity contribution in [1.82, 2.24) is 0 Å². The van der Waals surface area contributed by atoms with E-state index in [1.165, 1.54) is 21.6 Å². The highest BCUT2D eigenvalue weighted by Gasteiger charge is 2.07. The van der Waals surface area contributed by atoms with E-state index in [-0.39, 0.29) is 11.5 Å². The normalized spacial score (nSPS) is 12.3. The second-order valence-electron chi connectivity index (χ2n) is 4.61. The van der Waals surface area contributed by atoms with Gasteiger partial charge in [0.25, 0.3) is 20.2 Å². The maximum atomic E-state index is 10.6. The van der Waals surface area contributed by atoms with E-state index in [1.54, 1.807) is 0 Å². The predicted octanol–water partition coefficient (Wildman–Crippen LogP) is 2.39. The molecule has 0 fully saturated rings. The maximum Gasteiger partial charge on any atom is 0.264 e. The van der Waals surface area contributed by atoms with Gasteiger partial charge in [-0.2, -0.15) is 16.8 Å². The fraction of sp³-hybridized carbons (Fsp3) is 0.500. The lowest BCUT2D eigenvalue weighted by Crippen LogP contribution is -2.10. The number of anilines is 1. The van der Waals surface area contributed by atoms with Crippen LogP contribution in [0.25, 0.3) is 0 Å². The van der Waals surface area contributed by atoms with E-state index >= 15 is 0 Å². The molecule has 0 saturated heterocycles. The van der Waals surface area contributed by atoms with Crippen LogP contribution in [0, 0.1) is 0 Å². The summed E-state index contributed by atoms with van der Waals surface area (Å²) in [5, 5.41) is 3.11. The summed E-state index contributed by atoms with van der Waals surface area (Å²) in [7, 11) is -4.91. The van der Waals surface area contributed by atoms with Crippen molar-refractivity contribution >= 4 is 47.5 Å². The summed E-state index contributed by atoms with van der Waals surface area (Å²) in [4.78, 5) is 0.941. The molecule has 0 spiro atoms. The molecule has 0 amide bonds. The monoisotopic (exact) mass is 401 g/mol. The molecule has 0 unspecified atom stereocenters. The molecular weight excluding hydrogens is 382 g/mol. The minimum atomic E-state index is -3.94. The van der Waals surface area contributed by atoms with Crippen LogP contribution in [-0.2, 0) is 20.2 Å². The molecule has 0 aliphatic heterocycles. The van der Waals surface area contributed by atoms with Crippen LogP contribution in [0.15, 0.2) is 29.2 Å². The van der Waals surface area contributed by atoms with E-state index in [4.69, 9.17) is 9.11 Å². The summed E-state index contributed by atoms with van der Waals surface area (Å²) in [5.74, 6) is 0.0251. The number of nitrogens with one attached hydrogen (secondary N) is 1. The number of rotatable bonds is 11. The Balaban J connectivity index is 2.38. The quantitative estimate of drug-likeness (QED) is 0.291. The Labute approximate surface area is 144 Å². The Morgan fingerprint density at radius 1 is 0.957 bits per heavy atom. The molecular formula is C12H19NO6S4. The minimum absolute atomic E-state index is 0.254. The molecule has 7 nitrogen and oxygen atoms in total. The van der Waals surface area contributed by atoms with Gasteiger partial charge in [-0.15, -0.1) is 0 Å². The zero-order chi connectivity index (χ0) is 17.3. The number of hydrogen-bond donors (Lipinski definition) is 3. The molecule has 23 heavy (non-hydrogen) atoms. The first-order chi connectivity index (χ1) is 10.7. The van der Waals surface area contributed by atoms with Gasteiger partial charge in [0.15, 0.2) is 0 Å². The SMILES string of the molecule is O=S(=O)(O)CCCNc1ccccc1SSCCCS(=O)(=O)O. The van der Waals surface area contributed by atoms with E-state index in [2.05, 4.69) is 5.32 Å². The van der Waals surface area contributed by atoms with Gasteiger partial charge in [-0.05, 0) is 25.0 Å². The van der Waals surface area contributed by atoms with E-state index in [0.29, 0.717) is 25.1 Å². The van der Waals surface area contributed by atoms with Gasteiger partial charge in [0.05, 0.1) is 11.5 Å². The molecule has 0 aromatic heterocycles. The van der Waals surface area contributed by atoms with Gasteiger partial charge in [-0.25, -0.2) is 0 Å². The van der Waals surface area contributed by atoms with Crippen molar-refractivity contribution < 1.29 is 25.9 Å². The van der Waals surface area contributed by atoms with Gasteiger partial charge in [0.2, 0.25) is 0 Å². The van der Waals surface area contributed by atoms with Crippen LogP contribution in [-0.4, -0.2) is 49.7 Å². The molecule has 0 bridgehead atoms. The Hall–Kier alpha value is -0.460. The molecule has 0 saturated carbocycles. The van der Waals surface area contributed by atoms with Gasteiger partial charge in [-0.1, -0.05) is 33.7 Å². The summed E-state index contributed by atoms with van der Waals surface area (Å²) in [6.07, 6.45) is 0.653. The van der Waals surface area contributed by atoms with E-state index in [1.807, 2.05) is 24.3 Å². The summed E-state index contributed by atoms with van der Waals surface area (Å²) in [6.45, 7) is 0.408. The van der Waals surface area contributed by atoms with Crippen molar-refractivity contribution in [2.45, 2.75) is 17.7 Å². The summed E-state index contributed by atoms with van der Waals surface area (Å²) < 4.78 is 59.8. The molecule has 0 aliphatic carbocycles. The third-order valence-corrected chi connectivity index (χ3v) is 6.67. The number of benzene rings is 1. The molecule has 0 atom stereocenters.